The van der Waals surface area contributed by atoms with Crippen LogP contribution >= 0.6 is 23.2 Å². The van der Waals surface area contributed by atoms with E-state index in [1.54, 1.807) is 56.5 Å². The molecule has 0 N–H and O–H groups in total. The highest BCUT2D eigenvalue weighted by Crippen LogP contribution is 2.32. The first-order valence-corrected chi connectivity index (χ1v) is 9.18. The van der Waals surface area contributed by atoms with Crippen LogP contribution in [0, 0.1) is 0 Å². The average Bonchev–Trinajstić information content (AvgIpc) is 2.94. The van der Waals surface area contributed by atoms with Crippen LogP contribution < -0.4 is 14.5 Å². The number of methoxy groups -OCH3 is 1. The number of nitrogens with zero attached hydrogens (tertiary/aromatic N) is 2. The van der Waals surface area contributed by atoms with Crippen LogP contribution in [-0.2, 0) is 4.79 Å². The van der Waals surface area contributed by atoms with Gasteiger partial charge in [-0.15, -0.1) is 0 Å². The maximum absolute atomic E-state index is 12.9. The van der Waals surface area contributed by atoms with E-state index in [1.807, 2.05) is 6.07 Å². The zero-order chi connectivity index (χ0) is 20.3. The van der Waals surface area contributed by atoms with Crippen molar-refractivity contribution in [1.82, 2.24) is 0 Å². The van der Waals surface area contributed by atoms with E-state index in [0.717, 1.165) is 5.56 Å². The van der Waals surface area contributed by atoms with Crippen molar-refractivity contribution in [2.75, 3.05) is 18.7 Å². The fourth-order valence-corrected chi connectivity index (χ4v) is 3.24. The fourth-order valence-electron chi connectivity index (χ4n) is 2.73. The van der Waals surface area contributed by atoms with Crippen LogP contribution in [0.25, 0.3) is 6.08 Å². The van der Waals surface area contributed by atoms with Gasteiger partial charge < -0.3 is 9.47 Å². The molecule has 1 heterocycles. The molecule has 0 radical (unpaired) electrons. The quantitative estimate of drug-likeness (QED) is 0.469. The first-order valence-electron chi connectivity index (χ1n) is 8.42. The van der Waals surface area contributed by atoms with Gasteiger partial charge in [0.1, 0.15) is 6.61 Å². The molecule has 7 heteroatoms. The number of carbonyl (C=O) groups is 1. The molecular weight excluding hydrogens is 399 g/mol. The zero-order valence-corrected chi connectivity index (χ0v) is 16.9. The van der Waals surface area contributed by atoms with Gasteiger partial charge in [0.05, 0.1) is 24.1 Å². The van der Waals surface area contributed by atoms with Crippen LogP contribution in [0.4, 0.5) is 5.69 Å². The number of amides is 1. The molecule has 144 valence electrons. The van der Waals surface area contributed by atoms with Gasteiger partial charge >= 0.3 is 0 Å². The summed E-state index contributed by atoms with van der Waals surface area (Å²) < 4.78 is 10.9. The average molecular weight is 417 g/mol. The van der Waals surface area contributed by atoms with E-state index in [0.29, 0.717) is 45.1 Å². The number of hydrazone groups is 1. The molecule has 3 rings (SSSR count). The summed E-state index contributed by atoms with van der Waals surface area (Å²) in [6, 6.07) is 10.3. The van der Waals surface area contributed by atoms with E-state index in [-0.39, 0.29) is 5.91 Å². The van der Waals surface area contributed by atoms with Crippen molar-refractivity contribution in [1.29, 1.82) is 0 Å². The SMILES string of the molecule is C=CCOc1ccc(C=C2C(=O)N(c3cc(Cl)cc(Cl)c3)N=C2C)cc1OC. The standard InChI is InChI=1S/C21H18Cl2N2O3/c1-4-7-28-19-6-5-14(9-20(19)27-3)8-18-13(2)24-25(21(18)26)17-11-15(22)10-16(23)12-17/h4-6,8-12H,1,7H2,2-3H3. The number of halogens is 2. The van der Waals surface area contributed by atoms with Crippen molar-refractivity contribution in [2.45, 2.75) is 6.92 Å². The lowest BCUT2D eigenvalue weighted by Gasteiger charge is -2.13. The van der Waals surface area contributed by atoms with Gasteiger partial charge in [0.15, 0.2) is 11.5 Å². The number of rotatable bonds is 6. The lowest BCUT2D eigenvalue weighted by Crippen LogP contribution is -2.21. The second-order valence-corrected chi connectivity index (χ2v) is 6.87. The van der Waals surface area contributed by atoms with Crippen molar-refractivity contribution in [3.05, 3.63) is 70.2 Å². The Hall–Kier alpha value is -2.76. The van der Waals surface area contributed by atoms with Gasteiger partial charge in [0.2, 0.25) is 0 Å². The van der Waals surface area contributed by atoms with Gasteiger partial charge in [0, 0.05) is 10.0 Å². The summed E-state index contributed by atoms with van der Waals surface area (Å²) in [5.74, 6) is 0.902. The number of ether oxygens (including phenoxy) is 2. The molecule has 28 heavy (non-hydrogen) atoms. The largest absolute Gasteiger partial charge is 0.493 e. The molecule has 2 aromatic rings. The molecule has 1 amide bonds. The van der Waals surface area contributed by atoms with Crippen molar-refractivity contribution < 1.29 is 14.3 Å². The summed E-state index contributed by atoms with van der Waals surface area (Å²) in [5, 5.41) is 6.50. The summed E-state index contributed by atoms with van der Waals surface area (Å²) in [6.07, 6.45) is 3.41. The summed E-state index contributed by atoms with van der Waals surface area (Å²) in [4.78, 5) is 12.9. The predicted octanol–water partition coefficient (Wildman–Crippen LogP) is 5.37. The molecule has 0 unspecified atom stereocenters. The van der Waals surface area contributed by atoms with E-state index in [9.17, 15) is 4.79 Å². The number of hydrogen-bond acceptors (Lipinski definition) is 4. The molecule has 0 saturated carbocycles. The summed E-state index contributed by atoms with van der Waals surface area (Å²) in [5.41, 5.74) is 2.35. The zero-order valence-electron chi connectivity index (χ0n) is 15.4. The van der Waals surface area contributed by atoms with E-state index >= 15 is 0 Å². The molecule has 1 aliphatic heterocycles. The van der Waals surface area contributed by atoms with Gasteiger partial charge in [-0.25, -0.2) is 0 Å². The second kappa shape index (κ2) is 8.50. The lowest BCUT2D eigenvalue weighted by atomic mass is 10.1. The minimum atomic E-state index is -0.262. The molecule has 0 fully saturated rings. The van der Waals surface area contributed by atoms with Crippen LogP contribution in [0.5, 0.6) is 11.5 Å². The van der Waals surface area contributed by atoms with Gasteiger partial charge in [0.25, 0.3) is 5.91 Å². The molecule has 5 nitrogen and oxygen atoms in total. The summed E-state index contributed by atoms with van der Waals surface area (Å²) in [6.45, 7) is 5.78. The van der Waals surface area contributed by atoms with Gasteiger partial charge in [-0.05, 0) is 48.9 Å². The van der Waals surface area contributed by atoms with E-state index in [4.69, 9.17) is 32.7 Å². The fraction of sp³-hybridized carbons (Fsp3) is 0.143. The third kappa shape index (κ3) is 4.21. The number of anilines is 1. The molecule has 0 saturated heterocycles. The Balaban J connectivity index is 1.91. The van der Waals surface area contributed by atoms with Crippen molar-refractivity contribution in [2.24, 2.45) is 5.10 Å². The first kappa shape index (κ1) is 20.0. The summed E-state index contributed by atoms with van der Waals surface area (Å²) in [7, 11) is 1.56. The van der Waals surface area contributed by atoms with Gasteiger partial charge in [-0.2, -0.15) is 10.1 Å². The Labute approximate surface area is 173 Å². The Morgan fingerprint density at radius 2 is 1.86 bits per heavy atom. The highest BCUT2D eigenvalue weighted by molar-refractivity contribution is 6.36. The minimum absolute atomic E-state index is 0.262. The second-order valence-electron chi connectivity index (χ2n) is 6.00. The van der Waals surface area contributed by atoms with Crippen molar-refractivity contribution in [3.8, 4) is 11.5 Å². The Kier molecular flexibility index (Phi) is 6.07. The smallest absolute Gasteiger partial charge is 0.280 e. The van der Waals surface area contributed by atoms with Gasteiger partial charge in [-0.3, -0.25) is 4.79 Å². The van der Waals surface area contributed by atoms with E-state index in [2.05, 4.69) is 11.7 Å². The van der Waals surface area contributed by atoms with E-state index < -0.39 is 0 Å². The number of benzene rings is 2. The topological polar surface area (TPSA) is 51.1 Å². The van der Waals surface area contributed by atoms with Crippen LogP contribution in [0.15, 0.2) is 59.7 Å². The van der Waals surface area contributed by atoms with Crippen LogP contribution in [-0.4, -0.2) is 25.3 Å². The third-order valence-electron chi connectivity index (χ3n) is 4.01. The monoisotopic (exact) mass is 416 g/mol. The molecule has 0 aromatic heterocycles. The minimum Gasteiger partial charge on any atom is -0.493 e. The van der Waals surface area contributed by atoms with Crippen LogP contribution in [0.1, 0.15) is 12.5 Å². The normalized spacial score (nSPS) is 15.0. The summed E-state index contributed by atoms with van der Waals surface area (Å²) >= 11 is 12.1. The Bertz CT molecular complexity index is 979. The Morgan fingerprint density at radius 3 is 2.50 bits per heavy atom. The predicted molar refractivity (Wildman–Crippen MR) is 114 cm³/mol. The molecule has 1 aliphatic rings. The molecule has 0 bridgehead atoms. The van der Waals surface area contributed by atoms with Crippen molar-refractivity contribution >= 4 is 46.6 Å². The van der Waals surface area contributed by atoms with E-state index in [1.165, 1.54) is 5.01 Å². The molecule has 0 atom stereocenters. The highest BCUT2D eigenvalue weighted by Gasteiger charge is 2.29. The number of hydrogen-bond donors (Lipinski definition) is 0. The van der Waals surface area contributed by atoms with Crippen molar-refractivity contribution in [3.63, 3.8) is 0 Å². The maximum atomic E-state index is 12.9. The maximum Gasteiger partial charge on any atom is 0.280 e. The third-order valence-corrected chi connectivity index (χ3v) is 4.45. The van der Waals surface area contributed by atoms with Crippen LogP contribution in [0.3, 0.4) is 0 Å². The van der Waals surface area contributed by atoms with Crippen LogP contribution in [0.2, 0.25) is 10.0 Å². The molecule has 0 aliphatic carbocycles. The lowest BCUT2D eigenvalue weighted by molar-refractivity contribution is -0.114. The first-order chi connectivity index (χ1) is 13.4. The highest BCUT2D eigenvalue weighted by atomic mass is 35.5. The molecule has 0 spiro atoms. The molecular formula is C21H18Cl2N2O3. The number of carbonyl (C=O) groups excluding carboxylic acids is 1. The Morgan fingerprint density at radius 1 is 1.14 bits per heavy atom. The van der Waals surface area contributed by atoms with Gasteiger partial charge in [-0.1, -0.05) is 41.9 Å². The molecule has 2 aromatic carbocycles.